The van der Waals surface area contributed by atoms with Crippen LogP contribution in [0.15, 0.2) is 54.6 Å². The molecule has 1 aliphatic carbocycles. The van der Waals surface area contributed by atoms with Gasteiger partial charge in [-0.15, -0.1) is 0 Å². The fourth-order valence-electron chi connectivity index (χ4n) is 4.64. The number of hydrogen-bond acceptors (Lipinski definition) is 3. The molecule has 1 aliphatic rings. The first-order valence-corrected chi connectivity index (χ1v) is 11.8. The molecule has 172 valence electrons. The lowest BCUT2D eigenvalue weighted by atomic mass is 9.65. The smallest absolute Gasteiger partial charge is 0.308 e. The van der Waals surface area contributed by atoms with Crippen molar-refractivity contribution >= 4 is 17.6 Å². The molecule has 5 atom stereocenters. The number of carbonyl (C=O) groups excluding carboxylic acids is 2. The molecule has 3 rings (SSSR count). The van der Waals surface area contributed by atoms with E-state index in [1.807, 2.05) is 63.2 Å². The second-order valence-corrected chi connectivity index (χ2v) is 10.0. The summed E-state index contributed by atoms with van der Waals surface area (Å²) in [5.41, 5.74) is 2.61. The average Bonchev–Trinajstić information content (AvgIpc) is 2.77. The molecule has 4 heteroatoms. The number of carbonyl (C=O) groups is 2. The Morgan fingerprint density at radius 3 is 2.38 bits per heavy atom. The molecule has 0 heterocycles. The van der Waals surface area contributed by atoms with E-state index in [9.17, 15) is 9.59 Å². The van der Waals surface area contributed by atoms with E-state index < -0.39 is 5.41 Å². The average molecular weight is 436 g/mol. The van der Waals surface area contributed by atoms with Crippen molar-refractivity contribution in [2.75, 3.05) is 5.32 Å². The molecule has 0 bridgehead atoms. The Balaban J connectivity index is 1.61. The predicted octanol–water partition coefficient (Wildman–Crippen LogP) is 6.19. The van der Waals surface area contributed by atoms with Crippen LogP contribution in [0.25, 0.3) is 0 Å². The Morgan fingerprint density at radius 2 is 1.72 bits per heavy atom. The van der Waals surface area contributed by atoms with E-state index >= 15 is 0 Å². The number of rotatable bonds is 7. The number of ether oxygens (including phenoxy) is 1. The van der Waals surface area contributed by atoms with Crippen LogP contribution in [0, 0.1) is 30.1 Å². The zero-order chi connectivity index (χ0) is 23.3. The standard InChI is InChI=1S/C28H37NO3/c1-19-11-15-24(16-12-19)29-27(31)28(5)17-21(3)22(4)25(18-28)32-26(30)20(2)13-14-23-9-7-6-8-10-23/h6-12,15-16,20-22,25H,13-14,17-18H2,1-5H3,(H,29,31). The Morgan fingerprint density at radius 1 is 1.06 bits per heavy atom. The van der Waals surface area contributed by atoms with Gasteiger partial charge in [-0.1, -0.05) is 75.7 Å². The summed E-state index contributed by atoms with van der Waals surface area (Å²) < 4.78 is 6.02. The predicted molar refractivity (Wildman–Crippen MR) is 129 cm³/mol. The highest BCUT2D eigenvalue weighted by Gasteiger charge is 2.46. The van der Waals surface area contributed by atoms with Gasteiger partial charge >= 0.3 is 5.97 Å². The molecule has 0 aliphatic heterocycles. The van der Waals surface area contributed by atoms with Gasteiger partial charge < -0.3 is 10.1 Å². The molecule has 2 aromatic carbocycles. The normalized spacial score (nSPS) is 26.2. The van der Waals surface area contributed by atoms with Gasteiger partial charge in [0.25, 0.3) is 0 Å². The van der Waals surface area contributed by atoms with E-state index in [-0.39, 0.29) is 35.7 Å². The topological polar surface area (TPSA) is 55.4 Å². The van der Waals surface area contributed by atoms with Gasteiger partial charge in [0.05, 0.1) is 11.3 Å². The molecular formula is C28H37NO3. The summed E-state index contributed by atoms with van der Waals surface area (Å²) in [6.07, 6.45) is 2.69. The first-order valence-electron chi connectivity index (χ1n) is 11.8. The van der Waals surface area contributed by atoms with Gasteiger partial charge in [0.1, 0.15) is 6.10 Å². The molecule has 2 aromatic rings. The summed E-state index contributed by atoms with van der Waals surface area (Å²) in [5, 5.41) is 3.07. The first-order chi connectivity index (χ1) is 15.2. The maximum Gasteiger partial charge on any atom is 0.308 e. The van der Waals surface area contributed by atoms with E-state index in [0.717, 1.165) is 30.5 Å². The lowest BCUT2D eigenvalue weighted by Gasteiger charge is -2.43. The quantitative estimate of drug-likeness (QED) is 0.528. The highest BCUT2D eigenvalue weighted by atomic mass is 16.5. The van der Waals surface area contributed by atoms with Crippen LogP contribution in [-0.2, 0) is 20.7 Å². The molecular weight excluding hydrogens is 398 g/mol. The third-order valence-electron chi connectivity index (χ3n) is 7.14. The van der Waals surface area contributed by atoms with E-state index in [1.165, 1.54) is 5.56 Å². The Hall–Kier alpha value is -2.62. The maximum absolute atomic E-state index is 13.2. The Bertz CT molecular complexity index is 908. The van der Waals surface area contributed by atoms with Crippen LogP contribution in [0.2, 0.25) is 0 Å². The van der Waals surface area contributed by atoms with Gasteiger partial charge in [-0.2, -0.15) is 0 Å². The molecule has 0 spiro atoms. The van der Waals surface area contributed by atoms with Gasteiger partial charge in [0.15, 0.2) is 0 Å². The van der Waals surface area contributed by atoms with Crippen LogP contribution >= 0.6 is 0 Å². The molecule has 0 radical (unpaired) electrons. The van der Waals surface area contributed by atoms with Crippen molar-refractivity contribution in [1.82, 2.24) is 0 Å². The van der Waals surface area contributed by atoms with Crippen LogP contribution in [0.5, 0.6) is 0 Å². The minimum Gasteiger partial charge on any atom is -0.462 e. The number of hydrogen-bond donors (Lipinski definition) is 1. The molecule has 1 amide bonds. The number of aryl methyl sites for hydroxylation is 2. The minimum atomic E-state index is -0.574. The van der Waals surface area contributed by atoms with Crippen LogP contribution in [-0.4, -0.2) is 18.0 Å². The summed E-state index contributed by atoms with van der Waals surface area (Å²) in [7, 11) is 0. The SMILES string of the molecule is Cc1ccc(NC(=O)C2(C)CC(C)C(C)C(OC(=O)C(C)CCc3ccccc3)C2)cc1. The van der Waals surface area contributed by atoms with Gasteiger partial charge in [0, 0.05) is 5.69 Å². The van der Waals surface area contributed by atoms with E-state index in [4.69, 9.17) is 4.74 Å². The number of amides is 1. The zero-order valence-corrected chi connectivity index (χ0v) is 20.1. The van der Waals surface area contributed by atoms with Gasteiger partial charge in [-0.3, -0.25) is 9.59 Å². The van der Waals surface area contributed by atoms with Crippen molar-refractivity contribution in [2.45, 2.75) is 66.4 Å². The Kier molecular flexibility index (Phi) is 7.76. The second kappa shape index (κ2) is 10.3. The molecule has 1 N–H and O–H groups in total. The van der Waals surface area contributed by atoms with Crippen LogP contribution in [0.3, 0.4) is 0 Å². The fourth-order valence-corrected chi connectivity index (χ4v) is 4.64. The zero-order valence-electron chi connectivity index (χ0n) is 20.1. The summed E-state index contributed by atoms with van der Waals surface area (Å²) in [6.45, 7) is 10.2. The van der Waals surface area contributed by atoms with E-state index in [2.05, 4.69) is 31.3 Å². The second-order valence-electron chi connectivity index (χ2n) is 10.0. The molecule has 4 nitrogen and oxygen atoms in total. The highest BCUT2D eigenvalue weighted by Crippen LogP contribution is 2.44. The summed E-state index contributed by atoms with van der Waals surface area (Å²) in [4.78, 5) is 26.1. The van der Waals surface area contributed by atoms with E-state index in [0.29, 0.717) is 6.42 Å². The lowest BCUT2D eigenvalue weighted by Crippen LogP contribution is -2.47. The van der Waals surface area contributed by atoms with Gasteiger partial charge in [0.2, 0.25) is 5.91 Å². The lowest BCUT2D eigenvalue weighted by molar-refractivity contribution is -0.165. The third-order valence-corrected chi connectivity index (χ3v) is 7.14. The van der Waals surface area contributed by atoms with Crippen molar-refractivity contribution in [3.8, 4) is 0 Å². The minimum absolute atomic E-state index is 0.00159. The van der Waals surface area contributed by atoms with Crippen molar-refractivity contribution < 1.29 is 14.3 Å². The number of benzene rings is 2. The molecule has 1 saturated carbocycles. The number of nitrogens with one attached hydrogen (secondary N) is 1. The van der Waals surface area contributed by atoms with Crippen molar-refractivity contribution in [3.63, 3.8) is 0 Å². The third kappa shape index (κ3) is 5.99. The Labute approximate surface area is 192 Å². The molecule has 32 heavy (non-hydrogen) atoms. The summed E-state index contributed by atoms with van der Waals surface area (Å²) in [5.74, 6) is 0.175. The summed E-state index contributed by atoms with van der Waals surface area (Å²) >= 11 is 0. The van der Waals surface area contributed by atoms with Gasteiger partial charge in [-0.25, -0.2) is 0 Å². The number of esters is 1. The maximum atomic E-state index is 13.2. The van der Waals surface area contributed by atoms with Crippen LogP contribution in [0.4, 0.5) is 5.69 Å². The van der Waals surface area contributed by atoms with E-state index in [1.54, 1.807) is 0 Å². The van der Waals surface area contributed by atoms with Crippen molar-refractivity contribution in [2.24, 2.45) is 23.2 Å². The fraction of sp³-hybridized carbons (Fsp3) is 0.500. The molecule has 1 fully saturated rings. The van der Waals surface area contributed by atoms with Crippen molar-refractivity contribution in [1.29, 1.82) is 0 Å². The van der Waals surface area contributed by atoms with Crippen LogP contribution < -0.4 is 5.32 Å². The molecule has 5 unspecified atom stereocenters. The first kappa shape index (κ1) is 24.0. The molecule has 0 saturated heterocycles. The monoisotopic (exact) mass is 435 g/mol. The largest absolute Gasteiger partial charge is 0.462 e. The van der Waals surface area contributed by atoms with Crippen LogP contribution in [0.1, 0.15) is 58.1 Å². The molecule has 0 aromatic heterocycles. The highest BCUT2D eigenvalue weighted by molar-refractivity contribution is 5.95. The van der Waals surface area contributed by atoms with Gasteiger partial charge in [-0.05, 0) is 62.1 Å². The van der Waals surface area contributed by atoms with Crippen molar-refractivity contribution in [3.05, 3.63) is 65.7 Å². The number of anilines is 1. The summed E-state index contributed by atoms with van der Waals surface area (Å²) in [6, 6.07) is 18.0.